The number of nitrogens with zero attached hydrogens (tertiary/aromatic N) is 3. The molecule has 0 aliphatic carbocycles. The number of nitrogens with two attached hydrogens (primary N) is 1. The molecule has 0 saturated carbocycles. The van der Waals surface area contributed by atoms with Gasteiger partial charge in [0.25, 0.3) is 0 Å². The third-order valence-electron chi connectivity index (χ3n) is 2.47. The molecule has 0 aromatic carbocycles. The molecule has 0 aliphatic heterocycles. The molecule has 0 bridgehead atoms. The zero-order valence-corrected chi connectivity index (χ0v) is 11.8. The van der Waals surface area contributed by atoms with Gasteiger partial charge in [-0.25, -0.2) is 4.98 Å². The lowest BCUT2D eigenvalue weighted by Crippen LogP contribution is -2.15. The van der Waals surface area contributed by atoms with Crippen LogP contribution in [0, 0.1) is 0 Å². The minimum atomic E-state index is -0.104. The van der Waals surface area contributed by atoms with Gasteiger partial charge < -0.3 is 5.73 Å². The van der Waals surface area contributed by atoms with Gasteiger partial charge in [-0.15, -0.1) is 16.4 Å². The van der Waals surface area contributed by atoms with Crippen LogP contribution in [0.5, 0.6) is 0 Å². The van der Waals surface area contributed by atoms with Crippen LogP contribution in [0.4, 0.5) is 0 Å². The summed E-state index contributed by atoms with van der Waals surface area (Å²) in [6.07, 6.45) is 0.728. The van der Waals surface area contributed by atoms with Gasteiger partial charge in [0.1, 0.15) is 0 Å². The van der Waals surface area contributed by atoms with E-state index in [-0.39, 0.29) is 11.5 Å². The van der Waals surface area contributed by atoms with E-state index in [0.29, 0.717) is 0 Å². The summed E-state index contributed by atoms with van der Waals surface area (Å²) in [6.45, 7) is 6.49. The zero-order valence-electron chi connectivity index (χ0n) is 10.2. The summed E-state index contributed by atoms with van der Waals surface area (Å²) in [5.74, 6) is 0. The highest BCUT2D eigenvalue weighted by atomic mass is 32.1. The minimum Gasteiger partial charge on any atom is -0.322 e. The summed E-state index contributed by atoms with van der Waals surface area (Å²) in [5, 5.41) is 9.06. The van der Waals surface area contributed by atoms with Gasteiger partial charge in [0, 0.05) is 22.6 Å². The molecule has 0 radical (unpaired) electrons. The Labute approximate surface area is 109 Å². The van der Waals surface area contributed by atoms with Crippen molar-refractivity contribution in [1.82, 2.24) is 14.6 Å². The molecule has 2 aromatic heterocycles. The van der Waals surface area contributed by atoms with E-state index in [1.165, 1.54) is 11.5 Å². The summed E-state index contributed by atoms with van der Waals surface area (Å²) < 4.78 is 3.82. The lowest BCUT2D eigenvalue weighted by atomic mass is 9.93. The molecule has 1 unspecified atom stereocenters. The fourth-order valence-electron chi connectivity index (χ4n) is 1.38. The SMILES string of the molecule is CC(C)(C)c1csc(CC(N)c2csnn2)n1. The number of thiazole rings is 1. The summed E-state index contributed by atoms with van der Waals surface area (Å²) in [7, 11) is 0. The topological polar surface area (TPSA) is 64.7 Å². The lowest BCUT2D eigenvalue weighted by Gasteiger charge is -2.14. The quantitative estimate of drug-likeness (QED) is 0.929. The molecule has 92 valence electrons. The number of hydrogen-bond acceptors (Lipinski definition) is 6. The Morgan fingerprint density at radius 1 is 1.35 bits per heavy atom. The van der Waals surface area contributed by atoms with Crippen molar-refractivity contribution in [3.05, 3.63) is 27.2 Å². The molecule has 0 spiro atoms. The fraction of sp³-hybridized carbons (Fsp3) is 0.545. The van der Waals surface area contributed by atoms with E-state index in [9.17, 15) is 0 Å². The maximum Gasteiger partial charge on any atom is 0.0948 e. The number of hydrogen-bond donors (Lipinski definition) is 1. The van der Waals surface area contributed by atoms with Gasteiger partial charge in [0.15, 0.2) is 0 Å². The van der Waals surface area contributed by atoms with Crippen LogP contribution in [0.2, 0.25) is 0 Å². The minimum absolute atomic E-state index is 0.0982. The summed E-state index contributed by atoms with van der Waals surface area (Å²) in [5.41, 5.74) is 8.13. The van der Waals surface area contributed by atoms with Crippen molar-refractivity contribution in [2.24, 2.45) is 5.73 Å². The van der Waals surface area contributed by atoms with E-state index in [4.69, 9.17) is 5.73 Å². The Balaban J connectivity index is 2.07. The molecular weight excluding hydrogens is 252 g/mol. The van der Waals surface area contributed by atoms with Crippen LogP contribution >= 0.6 is 22.9 Å². The predicted octanol–water partition coefficient (Wildman–Crippen LogP) is 2.53. The second-order valence-corrected chi connectivity index (χ2v) is 6.57. The van der Waals surface area contributed by atoms with Crippen molar-refractivity contribution in [2.75, 3.05) is 0 Å². The molecule has 0 aliphatic rings. The van der Waals surface area contributed by atoms with Gasteiger partial charge in [-0.3, -0.25) is 0 Å². The maximum atomic E-state index is 6.06. The van der Waals surface area contributed by atoms with Crippen molar-refractivity contribution in [1.29, 1.82) is 0 Å². The second kappa shape index (κ2) is 4.80. The molecule has 17 heavy (non-hydrogen) atoms. The van der Waals surface area contributed by atoms with E-state index >= 15 is 0 Å². The van der Waals surface area contributed by atoms with E-state index in [2.05, 4.69) is 40.7 Å². The van der Waals surface area contributed by atoms with Gasteiger partial charge in [-0.2, -0.15) is 0 Å². The van der Waals surface area contributed by atoms with Gasteiger partial charge in [-0.05, 0) is 11.5 Å². The third kappa shape index (κ3) is 3.08. The van der Waals surface area contributed by atoms with Crippen molar-refractivity contribution in [2.45, 2.75) is 38.6 Å². The average Bonchev–Trinajstić information content (AvgIpc) is 2.85. The number of rotatable bonds is 3. The van der Waals surface area contributed by atoms with Crippen molar-refractivity contribution in [3.63, 3.8) is 0 Å². The monoisotopic (exact) mass is 268 g/mol. The zero-order chi connectivity index (χ0) is 12.5. The van der Waals surface area contributed by atoms with Crippen LogP contribution in [0.25, 0.3) is 0 Å². The smallest absolute Gasteiger partial charge is 0.0948 e. The van der Waals surface area contributed by atoms with Gasteiger partial charge in [0.05, 0.1) is 22.4 Å². The van der Waals surface area contributed by atoms with Crippen molar-refractivity contribution < 1.29 is 0 Å². The van der Waals surface area contributed by atoms with E-state index in [1.807, 2.05) is 5.38 Å². The molecular formula is C11H16N4S2. The van der Waals surface area contributed by atoms with Crippen LogP contribution in [0.15, 0.2) is 10.8 Å². The summed E-state index contributed by atoms with van der Waals surface area (Å²) in [6, 6.07) is -0.104. The largest absolute Gasteiger partial charge is 0.322 e. The van der Waals surface area contributed by atoms with E-state index in [0.717, 1.165) is 22.8 Å². The molecule has 2 heterocycles. The van der Waals surface area contributed by atoms with Gasteiger partial charge in [-0.1, -0.05) is 25.3 Å². The Morgan fingerprint density at radius 2 is 2.12 bits per heavy atom. The van der Waals surface area contributed by atoms with E-state index < -0.39 is 0 Å². The third-order valence-corrected chi connectivity index (χ3v) is 3.87. The molecule has 2 aromatic rings. The lowest BCUT2D eigenvalue weighted by molar-refractivity contribution is 0.568. The van der Waals surface area contributed by atoms with Crippen LogP contribution < -0.4 is 5.73 Å². The molecule has 0 saturated heterocycles. The maximum absolute atomic E-state index is 6.06. The molecule has 0 fully saturated rings. The van der Waals surface area contributed by atoms with Crippen LogP contribution in [0.1, 0.15) is 43.2 Å². The highest BCUT2D eigenvalue weighted by Crippen LogP contribution is 2.25. The number of aromatic nitrogens is 3. The average molecular weight is 268 g/mol. The summed E-state index contributed by atoms with van der Waals surface area (Å²) in [4.78, 5) is 4.63. The molecule has 2 N–H and O–H groups in total. The molecule has 4 nitrogen and oxygen atoms in total. The second-order valence-electron chi connectivity index (χ2n) is 5.02. The van der Waals surface area contributed by atoms with Gasteiger partial charge >= 0.3 is 0 Å². The highest BCUT2D eigenvalue weighted by molar-refractivity contribution is 7.09. The Morgan fingerprint density at radius 3 is 2.65 bits per heavy atom. The van der Waals surface area contributed by atoms with Crippen LogP contribution in [0.3, 0.4) is 0 Å². The first kappa shape index (κ1) is 12.6. The first-order valence-corrected chi connectivity index (χ1v) is 7.16. The Bertz CT molecular complexity index is 470. The van der Waals surface area contributed by atoms with Crippen molar-refractivity contribution in [3.8, 4) is 0 Å². The summed E-state index contributed by atoms with van der Waals surface area (Å²) >= 11 is 3.00. The van der Waals surface area contributed by atoms with Crippen LogP contribution in [-0.4, -0.2) is 14.6 Å². The Kier molecular flexibility index (Phi) is 3.56. The standard InChI is InChI=1S/C11H16N4S2/c1-11(2,3)9-6-16-10(13-9)4-7(12)8-5-17-15-14-8/h5-7H,4,12H2,1-3H3. The van der Waals surface area contributed by atoms with E-state index in [1.54, 1.807) is 11.3 Å². The fourth-order valence-corrected chi connectivity index (χ4v) is 2.97. The first-order valence-electron chi connectivity index (χ1n) is 5.44. The first-order chi connectivity index (χ1) is 7.97. The molecule has 0 amide bonds. The van der Waals surface area contributed by atoms with Crippen LogP contribution in [-0.2, 0) is 11.8 Å². The van der Waals surface area contributed by atoms with Gasteiger partial charge in [0.2, 0.25) is 0 Å². The molecule has 6 heteroatoms. The molecule has 1 atom stereocenters. The molecule has 2 rings (SSSR count). The Hall–Kier alpha value is -0.850. The highest BCUT2D eigenvalue weighted by Gasteiger charge is 2.19. The van der Waals surface area contributed by atoms with Crippen molar-refractivity contribution >= 4 is 22.9 Å². The normalized spacial score (nSPS) is 13.9. The predicted molar refractivity (Wildman–Crippen MR) is 71.4 cm³/mol.